The molecule has 2 aromatic rings. The van der Waals surface area contributed by atoms with E-state index >= 15 is 0 Å². The van der Waals surface area contributed by atoms with E-state index in [1.54, 1.807) is 13.4 Å². The molecule has 228 valence electrons. The molecule has 3 rings (SSSR count). The maximum atomic E-state index is 6.89. The molecule has 3 heterocycles. The largest absolute Gasteiger partial charge is 0.379 e. The number of ether oxygens (including phenoxy) is 6. The van der Waals surface area contributed by atoms with Crippen molar-refractivity contribution in [3.8, 4) is 0 Å². The molecule has 6 atom stereocenters. The van der Waals surface area contributed by atoms with E-state index in [1.807, 2.05) is 4.57 Å². The van der Waals surface area contributed by atoms with Gasteiger partial charge in [0, 0.05) is 33.5 Å². The zero-order valence-corrected chi connectivity index (χ0v) is 25.7. The Labute approximate surface area is 244 Å². The van der Waals surface area contributed by atoms with Crippen molar-refractivity contribution in [2.45, 2.75) is 116 Å². The number of aromatic nitrogens is 4. The standard InChI is InChI=1S/C29H49ClN4O6/c1-6-10-14-36-18-21-23(37-15-11-7-2)24(38-16-12-8-3)25(39-17-13-9-4)26(35-5)29(40-21)34-20-33-22-27(30)31-19-32-28(22)34/h19-21,23-26,29H,6-18H2,1-5H3/t21-,23-,24+,25-,26-,29-/m1/s1. The van der Waals surface area contributed by atoms with Gasteiger partial charge in [0.2, 0.25) is 0 Å². The molecule has 1 saturated heterocycles. The molecule has 0 spiro atoms. The number of hydrogen-bond donors (Lipinski definition) is 0. The molecule has 2 aromatic heterocycles. The minimum Gasteiger partial charge on any atom is -0.379 e. The lowest BCUT2D eigenvalue weighted by Crippen LogP contribution is -2.52. The lowest BCUT2D eigenvalue weighted by atomic mass is 9.99. The van der Waals surface area contributed by atoms with Crippen molar-refractivity contribution >= 4 is 22.8 Å². The second-order valence-electron chi connectivity index (χ2n) is 10.2. The van der Waals surface area contributed by atoms with Crippen LogP contribution in [0.1, 0.15) is 85.3 Å². The van der Waals surface area contributed by atoms with Crippen LogP contribution in [0.2, 0.25) is 5.15 Å². The fourth-order valence-corrected chi connectivity index (χ4v) is 5.00. The summed E-state index contributed by atoms with van der Waals surface area (Å²) in [5, 5.41) is 0.281. The Morgan fingerprint density at radius 3 is 1.95 bits per heavy atom. The van der Waals surface area contributed by atoms with Crippen molar-refractivity contribution in [1.82, 2.24) is 19.5 Å². The first-order valence-electron chi connectivity index (χ1n) is 15.0. The summed E-state index contributed by atoms with van der Waals surface area (Å²) < 4.78 is 40.9. The molecule has 0 aliphatic carbocycles. The van der Waals surface area contributed by atoms with Crippen molar-refractivity contribution in [2.75, 3.05) is 40.1 Å². The van der Waals surface area contributed by atoms with Crippen molar-refractivity contribution < 1.29 is 28.4 Å². The monoisotopic (exact) mass is 584 g/mol. The van der Waals surface area contributed by atoms with Gasteiger partial charge in [-0.15, -0.1) is 0 Å². The normalized spacial score (nSPS) is 25.4. The van der Waals surface area contributed by atoms with E-state index in [9.17, 15) is 0 Å². The average molecular weight is 585 g/mol. The highest BCUT2D eigenvalue weighted by atomic mass is 35.5. The third-order valence-electron chi connectivity index (χ3n) is 7.14. The maximum absolute atomic E-state index is 6.89. The van der Waals surface area contributed by atoms with E-state index in [1.165, 1.54) is 6.33 Å². The van der Waals surface area contributed by atoms with Gasteiger partial charge in [-0.05, 0) is 25.7 Å². The molecule has 0 radical (unpaired) electrons. The summed E-state index contributed by atoms with van der Waals surface area (Å²) in [6.07, 6.45) is 7.99. The van der Waals surface area contributed by atoms with Crippen LogP contribution in [-0.4, -0.2) is 90.2 Å². The Balaban J connectivity index is 2.09. The molecule has 0 bridgehead atoms. The molecular formula is C29H49ClN4O6. The Hall–Kier alpha value is -1.40. The Morgan fingerprint density at radius 2 is 1.35 bits per heavy atom. The number of methoxy groups -OCH3 is 1. The maximum Gasteiger partial charge on any atom is 0.167 e. The van der Waals surface area contributed by atoms with Gasteiger partial charge in [0.1, 0.15) is 42.4 Å². The predicted octanol–water partition coefficient (Wildman–Crippen LogP) is 5.76. The number of rotatable bonds is 19. The van der Waals surface area contributed by atoms with Gasteiger partial charge in [-0.1, -0.05) is 65.0 Å². The first-order valence-corrected chi connectivity index (χ1v) is 15.4. The average Bonchev–Trinajstić information content (AvgIpc) is 3.35. The highest BCUT2D eigenvalue weighted by Gasteiger charge is 2.50. The first-order chi connectivity index (χ1) is 19.6. The molecule has 10 nitrogen and oxygen atoms in total. The number of nitrogens with zero attached hydrogens (tertiary/aromatic N) is 4. The highest BCUT2D eigenvalue weighted by Crippen LogP contribution is 2.36. The topological polar surface area (TPSA) is 99.0 Å². The van der Waals surface area contributed by atoms with Crippen LogP contribution < -0.4 is 0 Å². The molecule has 0 aromatic carbocycles. The zero-order valence-electron chi connectivity index (χ0n) is 24.9. The van der Waals surface area contributed by atoms with Gasteiger partial charge < -0.3 is 28.4 Å². The summed E-state index contributed by atoms with van der Waals surface area (Å²) in [6.45, 7) is 11.3. The van der Waals surface area contributed by atoms with E-state index in [2.05, 4.69) is 42.6 Å². The van der Waals surface area contributed by atoms with Crippen molar-refractivity contribution in [1.29, 1.82) is 0 Å². The van der Waals surface area contributed by atoms with E-state index in [-0.39, 0.29) is 5.15 Å². The number of unbranched alkanes of at least 4 members (excludes halogenated alkanes) is 4. The highest BCUT2D eigenvalue weighted by molar-refractivity contribution is 6.33. The fraction of sp³-hybridized carbons (Fsp3) is 0.828. The minimum absolute atomic E-state index is 0.281. The van der Waals surface area contributed by atoms with E-state index in [0.717, 1.165) is 51.4 Å². The van der Waals surface area contributed by atoms with Crippen molar-refractivity contribution in [2.24, 2.45) is 0 Å². The summed E-state index contributed by atoms with van der Waals surface area (Å²) in [7, 11) is 1.67. The second-order valence-corrected chi connectivity index (χ2v) is 10.6. The van der Waals surface area contributed by atoms with Crippen molar-refractivity contribution in [3.63, 3.8) is 0 Å². The SMILES string of the molecule is CCCCOC[C@H]1O[C@@H](n2cnc3c(Cl)ncnc32)[C@H](OC)[C@H](OCCCC)[C@@H](OCCCC)[C@@H]1OCCCC. The van der Waals surface area contributed by atoms with Crippen LogP contribution in [0.4, 0.5) is 0 Å². The molecule has 11 heteroatoms. The zero-order chi connectivity index (χ0) is 28.7. The molecule has 1 aliphatic heterocycles. The van der Waals surface area contributed by atoms with E-state index in [4.69, 9.17) is 40.0 Å². The smallest absolute Gasteiger partial charge is 0.167 e. The molecule has 0 amide bonds. The molecular weight excluding hydrogens is 536 g/mol. The summed E-state index contributed by atoms with van der Waals surface area (Å²) in [5.74, 6) is 0. The lowest BCUT2D eigenvalue weighted by Gasteiger charge is -2.36. The number of imidazole rings is 1. The van der Waals surface area contributed by atoms with Crippen LogP contribution in [0, 0.1) is 0 Å². The molecule has 0 saturated carbocycles. The number of fused-ring (bicyclic) bond motifs is 1. The van der Waals surface area contributed by atoms with Gasteiger partial charge in [-0.2, -0.15) is 0 Å². The van der Waals surface area contributed by atoms with Crippen LogP contribution >= 0.6 is 11.6 Å². The Morgan fingerprint density at radius 1 is 0.775 bits per heavy atom. The van der Waals surface area contributed by atoms with Gasteiger partial charge in [0.15, 0.2) is 17.0 Å². The van der Waals surface area contributed by atoms with Crippen LogP contribution in [-0.2, 0) is 28.4 Å². The summed E-state index contributed by atoms with van der Waals surface area (Å²) >= 11 is 6.36. The molecule has 1 fully saturated rings. The van der Waals surface area contributed by atoms with E-state index in [0.29, 0.717) is 44.2 Å². The third-order valence-corrected chi connectivity index (χ3v) is 7.42. The summed E-state index contributed by atoms with van der Waals surface area (Å²) in [4.78, 5) is 13.1. The molecule has 40 heavy (non-hydrogen) atoms. The third kappa shape index (κ3) is 8.80. The van der Waals surface area contributed by atoms with Gasteiger partial charge in [0.05, 0.1) is 12.9 Å². The predicted molar refractivity (Wildman–Crippen MR) is 155 cm³/mol. The Kier molecular flexibility index (Phi) is 15.1. The van der Waals surface area contributed by atoms with Gasteiger partial charge in [-0.3, -0.25) is 4.57 Å². The number of hydrogen-bond acceptors (Lipinski definition) is 9. The van der Waals surface area contributed by atoms with Gasteiger partial charge >= 0.3 is 0 Å². The summed E-state index contributed by atoms with van der Waals surface area (Å²) in [5.41, 5.74) is 1.05. The number of halogens is 1. The van der Waals surface area contributed by atoms with Crippen LogP contribution in [0.25, 0.3) is 11.2 Å². The second kappa shape index (κ2) is 18.2. The van der Waals surface area contributed by atoms with Crippen LogP contribution in [0.3, 0.4) is 0 Å². The van der Waals surface area contributed by atoms with Crippen molar-refractivity contribution in [3.05, 3.63) is 17.8 Å². The Bertz CT molecular complexity index is 966. The quantitative estimate of drug-likeness (QED) is 0.151. The fourth-order valence-electron chi connectivity index (χ4n) is 4.82. The van der Waals surface area contributed by atoms with Gasteiger partial charge in [-0.25, -0.2) is 15.0 Å². The molecule has 0 unspecified atom stereocenters. The van der Waals surface area contributed by atoms with Gasteiger partial charge in [0.25, 0.3) is 0 Å². The summed E-state index contributed by atoms with van der Waals surface area (Å²) in [6, 6.07) is 0. The molecule has 1 aliphatic rings. The first kappa shape index (κ1) is 33.1. The van der Waals surface area contributed by atoms with E-state index < -0.39 is 36.7 Å². The minimum atomic E-state index is -0.649. The van der Waals surface area contributed by atoms with Crippen LogP contribution in [0.5, 0.6) is 0 Å². The van der Waals surface area contributed by atoms with Crippen LogP contribution in [0.15, 0.2) is 12.7 Å². The molecule has 0 N–H and O–H groups in total. The lowest BCUT2D eigenvalue weighted by molar-refractivity contribution is -0.176.